The minimum Gasteiger partial charge on any atom is -0.493 e. The molecule has 0 spiro atoms. The van der Waals surface area contributed by atoms with Crippen molar-refractivity contribution in [3.63, 3.8) is 0 Å². The Labute approximate surface area is 95.1 Å². The van der Waals surface area contributed by atoms with Gasteiger partial charge in [-0.05, 0) is 36.5 Å². The maximum atomic E-state index is 6.33. The summed E-state index contributed by atoms with van der Waals surface area (Å²) in [5.74, 6) is 2.15. The highest BCUT2D eigenvalue weighted by Gasteiger charge is 2.31. The van der Waals surface area contributed by atoms with Crippen molar-refractivity contribution in [2.75, 3.05) is 14.2 Å². The van der Waals surface area contributed by atoms with Crippen LogP contribution in [-0.4, -0.2) is 14.2 Å². The molecule has 2 nitrogen and oxygen atoms in total. The smallest absolute Gasteiger partial charge is 0.161 e. The summed E-state index contributed by atoms with van der Waals surface area (Å²) in [6, 6.07) is 5.89. The Hall–Kier alpha value is -0.890. The van der Waals surface area contributed by atoms with Crippen LogP contribution in [0, 0.1) is 5.92 Å². The molecule has 15 heavy (non-hydrogen) atoms. The quantitative estimate of drug-likeness (QED) is 0.733. The lowest BCUT2D eigenvalue weighted by atomic mass is 10.1. The molecule has 1 aromatic rings. The van der Waals surface area contributed by atoms with Gasteiger partial charge >= 0.3 is 0 Å². The molecule has 1 fully saturated rings. The number of methoxy groups -OCH3 is 2. The molecule has 82 valence electrons. The van der Waals surface area contributed by atoms with E-state index in [1.165, 1.54) is 12.8 Å². The largest absolute Gasteiger partial charge is 0.493 e. The average Bonchev–Trinajstić information content (AvgIpc) is 3.11. The summed E-state index contributed by atoms with van der Waals surface area (Å²) < 4.78 is 10.4. The van der Waals surface area contributed by atoms with E-state index in [-0.39, 0.29) is 5.38 Å². The van der Waals surface area contributed by atoms with Gasteiger partial charge in [0, 0.05) is 0 Å². The highest BCUT2D eigenvalue weighted by molar-refractivity contribution is 6.21. The lowest BCUT2D eigenvalue weighted by Crippen LogP contribution is -1.96. The molecule has 0 bridgehead atoms. The maximum absolute atomic E-state index is 6.33. The molecular weight excluding hydrogens is 212 g/mol. The first-order valence-electron chi connectivity index (χ1n) is 5.12. The van der Waals surface area contributed by atoms with Gasteiger partial charge in [0.1, 0.15) is 0 Å². The monoisotopic (exact) mass is 226 g/mol. The zero-order chi connectivity index (χ0) is 10.8. The summed E-state index contributed by atoms with van der Waals surface area (Å²) >= 11 is 6.33. The number of hydrogen-bond acceptors (Lipinski definition) is 2. The minimum absolute atomic E-state index is 0.116. The van der Waals surface area contributed by atoms with E-state index in [1.807, 2.05) is 18.2 Å². The second-order valence-electron chi connectivity index (χ2n) is 3.85. The molecule has 2 rings (SSSR count). The van der Waals surface area contributed by atoms with E-state index < -0.39 is 0 Å². The molecule has 3 heteroatoms. The third kappa shape index (κ3) is 2.20. The topological polar surface area (TPSA) is 18.5 Å². The SMILES string of the molecule is COc1ccc(C(Cl)C2CC2)cc1OC. The standard InChI is InChI=1S/C12H15ClO2/c1-14-10-6-5-9(7-11(10)15-2)12(13)8-3-4-8/h5-8,12H,3-4H2,1-2H3. The average molecular weight is 227 g/mol. The van der Waals surface area contributed by atoms with Crippen molar-refractivity contribution in [2.24, 2.45) is 5.92 Å². The van der Waals surface area contributed by atoms with E-state index in [4.69, 9.17) is 21.1 Å². The van der Waals surface area contributed by atoms with Crippen LogP contribution in [0.4, 0.5) is 0 Å². The Balaban J connectivity index is 2.25. The van der Waals surface area contributed by atoms with Crippen LogP contribution in [0.25, 0.3) is 0 Å². The van der Waals surface area contributed by atoms with Gasteiger partial charge in [0.15, 0.2) is 11.5 Å². The fourth-order valence-electron chi connectivity index (χ4n) is 1.69. The minimum atomic E-state index is 0.116. The first kappa shape index (κ1) is 10.6. The van der Waals surface area contributed by atoms with E-state index in [1.54, 1.807) is 14.2 Å². The van der Waals surface area contributed by atoms with Gasteiger partial charge in [0.05, 0.1) is 19.6 Å². The molecule has 0 N–H and O–H groups in total. The van der Waals surface area contributed by atoms with Crippen molar-refractivity contribution < 1.29 is 9.47 Å². The number of halogens is 1. The number of alkyl halides is 1. The maximum Gasteiger partial charge on any atom is 0.161 e. The van der Waals surface area contributed by atoms with Crippen molar-refractivity contribution >= 4 is 11.6 Å². The molecule has 0 heterocycles. The fraction of sp³-hybridized carbons (Fsp3) is 0.500. The van der Waals surface area contributed by atoms with Crippen LogP contribution in [0.3, 0.4) is 0 Å². The number of ether oxygens (including phenoxy) is 2. The Morgan fingerprint density at radius 3 is 2.40 bits per heavy atom. The van der Waals surface area contributed by atoms with Crippen molar-refractivity contribution in [3.05, 3.63) is 23.8 Å². The van der Waals surface area contributed by atoms with E-state index in [0.29, 0.717) is 5.92 Å². The van der Waals surface area contributed by atoms with Crippen LogP contribution < -0.4 is 9.47 Å². The Bertz CT molecular complexity index is 347. The fourth-order valence-corrected chi connectivity index (χ4v) is 2.07. The molecule has 1 aliphatic carbocycles. The highest BCUT2D eigenvalue weighted by atomic mass is 35.5. The molecule has 0 saturated heterocycles. The van der Waals surface area contributed by atoms with Gasteiger partial charge < -0.3 is 9.47 Å². The summed E-state index contributed by atoms with van der Waals surface area (Å²) in [4.78, 5) is 0. The van der Waals surface area contributed by atoms with E-state index >= 15 is 0 Å². The molecule has 1 aromatic carbocycles. The predicted octanol–water partition coefficient (Wildman–Crippen LogP) is 3.39. The van der Waals surface area contributed by atoms with Crippen LogP contribution >= 0.6 is 11.6 Å². The number of benzene rings is 1. The summed E-state index contributed by atoms with van der Waals surface area (Å²) in [5, 5.41) is 0.116. The van der Waals surface area contributed by atoms with Gasteiger partial charge in [-0.2, -0.15) is 0 Å². The van der Waals surface area contributed by atoms with Gasteiger partial charge in [-0.25, -0.2) is 0 Å². The zero-order valence-electron chi connectivity index (χ0n) is 9.00. The van der Waals surface area contributed by atoms with Crippen LogP contribution in [-0.2, 0) is 0 Å². The van der Waals surface area contributed by atoms with Gasteiger partial charge in [0.25, 0.3) is 0 Å². The third-order valence-corrected chi connectivity index (χ3v) is 3.37. The molecule has 1 saturated carbocycles. The van der Waals surface area contributed by atoms with Crippen LogP contribution in [0.1, 0.15) is 23.8 Å². The molecular formula is C12H15ClO2. The molecule has 0 aromatic heterocycles. The first-order chi connectivity index (χ1) is 7.26. The van der Waals surface area contributed by atoms with Gasteiger partial charge in [-0.1, -0.05) is 6.07 Å². The summed E-state index contributed by atoms with van der Waals surface area (Å²) in [7, 11) is 3.28. The second kappa shape index (κ2) is 4.31. The van der Waals surface area contributed by atoms with Crippen LogP contribution in [0.2, 0.25) is 0 Å². The molecule has 1 unspecified atom stereocenters. The summed E-state index contributed by atoms with van der Waals surface area (Å²) in [6.45, 7) is 0. The highest BCUT2D eigenvalue weighted by Crippen LogP contribution is 2.46. The first-order valence-corrected chi connectivity index (χ1v) is 5.56. The lowest BCUT2D eigenvalue weighted by molar-refractivity contribution is 0.354. The molecule has 0 amide bonds. The van der Waals surface area contributed by atoms with Crippen molar-refractivity contribution in [3.8, 4) is 11.5 Å². The van der Waals surface area contributed by atoms with Crippen LogP contribution in [0.5, 0.6) is 11.5 Å². The van der Waals surface area contributed by atoms with Gasteiger partial charge in [0.2, 0.25) is 0 Å². The zero-order valence-corrected chi connectivity index (χ0v) is 9.75. The molecule has 0 radical (unpaired) electrons. The third-order valence-electron chi connectivity index (χ3n) is 2.76. The predicted molar refractivity (Wildman–Crippen MR) is 60.9 cm³/mol. The Morgan fingerprint density at radius 1 is 1.20 bits per heavy atom. The summed E-state index contributed by atoms with van der Waals surface area (Å²) in [5.41, 5.74) is 1.12. The summed E-state index contributed by atoms with van der Waals surface area (Å²) in [6.07, 6.45) is 2.48. The molecule has 0 aliphatic heterocycles. The van der Waals surface area contributed by atoms with E-state index in [0.717, 1.165) is 17.1 Å². The van der Waals surface area contributed by atoms with Gasteiger partial charge in [-0.3, -0.25) is 0 Å². The molecule has 1 aliphatic rings. The number of hydrogen-bond donors (Lipinski definition) is 0. The number of rotatable bonds is 4. The van der Waals surface area contributed by atoms with Gasteiger partial charge in [-0.15, -0.1) is 11.6 Å². The van der Waals surface area contributed by atoms with E-state index in [2.05, 4.69) is 0 Å². The van der Waals surface area contributed by atoms with Crippen LogP contribution in [0.15, 0.2) is 18.2 Å². The normalized spacial score (nSPS) is 17.3. The molecule has 1 atom stereocenters. The second-order valence-corrected chi connectivity index (χ2v) is 4.32. The van der Waals surface area contributed by atoms with Crippen molar-refractivity contribution in [1.29, 1.82) is 0 Å². The lowest BCUT2D eigenvalue weighted by Gasteiger charge is -2.12. The Kier molecular flexibility index (Phi) is 3.06. The Morgan fingerprint density at radius 2 is 1.87 bits per heavy atom. The van der Waals surface area contributed by atoms with E-state index in [9.17, 15) is 0 Å². The van der Waals surface area contributed by atoms with Crippen molar-refractivity contribution in [1.82, 2.24) is 0 Å². The van der Waals surface area contributed by atoms with Crippen molar-refractivity contribution in [2.45, 2.75) is 18.2 Å².